The molecule has 1 unspecified atom stereocenters. The zero-order valence-corrected chi connectivity index (χ0v) is 14.6. The number of amides is 1. The van der Waals surface area contributed by atoms with Crippen LogP contribution in [-0.2, 0) is 0 Å². The molecule has 128 valence electrons. The third-order valence-corrected chi connectivity index (χ3v) is 5.03. The Morgan fingerprint density at radius 2 is 1.92 bits per heavy atom. The monoisotopic (exact) mass is 334 g/mol. The first-order valence-corrected chi connectivity index (χ1v) is 8.82. The van der Waals surface area contributed by atoms with Gasteiger partial charge in [0.05, 0.1) is 23.5 Å². The Kier molecular flexibility index (Phi) is 3.99. The summed E-state index contributed by atoms with van der Waals surface area (Å²) in [7, 11) is 0. The van der Waals surface area contributed by atoms with Crippen molar-refractivity contribution in [1.82, 2.24) is 19.5 Å². The first-order valence-electron chi connectivity index (χ1n) is 8.82. The molecular formula is C20H22N4O. The third-order valence-electron chi connectivity index (χ3n) is 5.03. The Hall–Kier alpha value is -2.69. The van der Waals surface area contributed by atoms with Crippen LogP contribution in [0.2, 0.25) is 0 Å². The minimum atomic E-state index is 0.0488. The maximum absolute atomic E-state index is 13.3. The zero-order valence-electron chi connectivity index (χ0n) is 14.6. The fraction of sp³-hybridized carbons (Fsp3) is 0.350. The second-order valence-corrected chi connectivity index (χ2v) is 6.79. The number of piperidine rings is 1. The lowest BCUT2D eigenvalue weighted by atomic mass is 9.94. The normalized spacial score (nSPS) is 17.8. The fourth-order valence-electron chi connectivity index (χ4n) is 3.62. The van der Waals surface area contributed by atoms with Crippen LogP contribution in [0, 0.1) is 13.8 Å². The van der Waals surface area contributed by atoms with E-state index in [9.17, 15) is 4.79 Å². The number of carbonyl (C=O) groups excluding carboxylic acids is 1. The van der Waals surface area contributed by atoms with Gasteiger partial charge in [-0.3, -0.25) is 4.79 Å². The first kappa shape index (κ1) is 15.8. The van der Waals surface area contributed by atoms with E-state index in [1.54, 1.807) is 16.9 Å². The number of nitrogens with zero attached hydrogens (tertiary/aromatic N) is 4. The summed E-state index contributed by atoms with van der Waals surface area (Å²) in [5, 5.41) is 4.22. The zero-order chi connectivity index (χ0) is 17.4. The highest BCUT2D eigenvalue weighted by Crippen LogP contribution is 2.32. The summed E-state index contributed by atoms with van der Waals surface area (Å²) in [4.78, 5) is 19.8. The van der Waals surface area contributed by atoms with E-state index in [-0.39, 0.29) is 11.9 Å². The number of rotatable bonds is 2. The molecule has 0 aliphatic carbocycles. The van der Waals surface area contributed by atoms with Gasteiger partial charge in [-0.15, -0.1) is 0 Å². The number of likely N-dealkylation sites (tertiary alicyclic amines) is 1. The molecule has 0 spiro atoms. The van der Waals surface area contributed by atoms with E-state index in [4.69, 9.17) is 0 Å². The van der Waals surface area contributed by atoms with Crippen LogP contribution in [-0.4, -0.2) is 31.9 Å². The number of hydrogen-bond donors (Lipinski definition) is 0. The lowest BCUT2D eigenvalue weighted by Gasteiger charge is -2.36. The van der Waals surface area contributed by atoms with Crippen LogP contribution < -0.4 is 0 Å². The van der Waals surface area contributed by atoms with Gasteiger partial charge in [0.15, 0.2) is 5.65 Å². The molecule has 1 fully saturated rings. The Morgan fingerprint density at radius 3 is 2.72 bits per heavy atom. The number of carbonyl (C=O) groups is 1. The number of benzene rings is 1. The molecule has 4 rings (SSSR count). The minimum absolute atomic E-state index is 0.0488. The first-order chi connectivity index (χ1) is 12.1. The van der Waals surface area contributed by atoms with Crippen LogP contribution in [0.1, 0.15) is 52.5 Å². The molecule has 25 heavy (non-hydrogen) atoms. The van der Waals surface area contributed by atoms with E-state index < -0.39 is 0 Å². The van der Waals surface area contributed by atoms with Gasteiger partial charge in [-0.25, -0.2) is 9.50 Å². The molecule has 3 aromatic rings. The number of fused-ring (bicyclic) bond motifs is 1. The van der Waals surface area contributed by atoms with Crippen molar-refractivity contribution in [3.8, 4) is 0 Å². The highest BCUT2D eigenvalue weighted by Gasteiger charge is 2.30. The van der Waals surface area contributed by atoms with Gasteiger partial charge >= 0.3 is 0 Å². The molecule has 3 heterocycles. The van der Waals surface area contributed by atoms with Gasteiger partial charge in [0.1, 0.15) is 0 Å². The molecule has 0 bridgehead atoms. The SMILES string of the molecule is Cc1ccc(C2CCCCN2C(=O)c2cn3nccc3nc2C)cc1. The number of aromatic nitrogens is 3. The van der Waals surface area contributed by atoms with E-state index in [1.807, 2.05) is 17.9 Å². The van der Waals surface area contributed by atoms with Crippen molar-refractivity contribution in [2.45, 2.75) is 39.2 Å². The average Bonchev–Trinajstić information content (AvgIpc) is 3.08. The largest absolute Gasteiger partial charge is 0.332 e. The van der Waals surface area contributed by atoms with Gasteiger partial charge in [-0.2, -0.15) is 5.10 Å². The molecule has 1 saturated heterocycles. The van der Waals surface area contributed by atoms with Crippen molar-refractivity contribution in [2.24, 2.45) is 0 Å². The molecule has 1 atom stereocenters. The summed E-state index contributed by atoms with van der Waals surface area (Å²) in [6, 6.07) is 10.5. The topological polar surface area (TPSA) is 50.5 Å². The summed E-state index contributed by atoms with van der Waals surface area (Å²) >= 11 is 0. The smallest absolute Gasteiger partial charge is 0.257 e. The van der Waals surface area contributed by atoms with Crippen molar-refractivity contribution in [3.63, 3.8) is 0 Å². The molecule has 1 aliphatic heterocycles. The lowest BCUT2D eigenvalue weighted by Crippen LogP contribution is -2.39. The van der Waals surface area contributed by atoms with Crippen molar-refractivity contribution < 1.29 is 4.79 Å². The Morgan fingerprint density at radius 1 is 1.12 bits per heavy atom. The quantitative estimate of drug-likeness (QED) is 0.718. The van der Waals surface area contributed by atoms with Crippen LogP contribution >= 0.6 is 0 Å². The summed E-state index contributed by atoms with van der Waals surface area (Å²) in [5.41, 5.74) is 4.61. The van der Waals surface area contributed by atoms with Crippen LogP contribution in [0.15, 0.2) is 42.7 Å². The predicted octanol–water partition coefficient (Wildman–Crippen LogP) is 3.71. The molecule has 5 nitrogen and oxygen atoms in total. The molecule has 1 aliphatic rings. The summed E-state index contributed by atoms with van der Waals surface area (Å²) in [6.45, 7) is 4.76. The van der Waals surface area contributed by atoms with E-state index in [0.717, 1.165) is 37.1 Å². The standard InChI is InChI=1S/C20H22N4O/c1-14-6-8-16(9-7-14)18-5-3-4-12-23(18)20(25)17-13-24-19(10-11-21-24)22-15(17)2/h6-11,13,18H,3-5,12H2,1-2H3. The summed E-state index contributed by atoms with van der Waals surface area (Å²) in [5.74, 6) is 0.0488. The minimum Gasteiger partial charge on any atom is -0.332 e. The van der Waals surface area contributed by atoms with E-state index in [1.165, 1.54) is 11.1 Å². The van der Waals surface area contributed by atoms with Crippen LogP contribution in [0.5, 0.6) is 0 Å². The fourth-order valence-corrected chi connectivity index (χ4v) is 3.62. The van der Waals surface area contributed by atoms with Gasteiger partial charge in [-0.1, -0.05) is 29.8 Å². The molecule has 0 N–H and O–H groups in total. The maximum atomic E-state index is 13.3. The van der Waals surface area contributed by atoms with Gasteiger partial charge in [0.25, 0.3) is 5.91 Å². The van der Waals surface area contributed by atoms with E-state index in [0.29, 0.717) is 5.56 Å². The molecule has 0 radical (unpaired) electrons. The average molecular weight is 334 g/mol. The van der Waals surface area contributed by atoms with E-state index >= 15 is 0 Å². The molecule has 1 aromatic carbocycles. The molecule has 2 aromatic heterocycles. The van der Waals surface area contributed by atoms with E-state index in [2.05, 4.69) is 41.3 Å². The van der Waals surface area contributed by atoms with Crippen molar-refractivity contribution in [1.29, 1.82) is 0 Å². The van der Waals surface area contributed by atoms with Gasteiger partial charge < -0.3 is 4.90 Å². The lowest BCUT2D eigenvalue weighted by molar-refractivity contribution is 0.0609. The van der Waals surface area contributed by atoms with Crippen molar-refractivity contribution >= 4 is 11.6 Å². The van der Waals surface area contributed by atoms with Crippen LogP contribution in [0.25, 0.3) is 5.65 Å². The molecule has 1 amide bonds. The second-order valence-electron chi connectivity index (χ2n) is 6.79. The van der Waals surface area contributed by atoms with Crippen molar-refractivity contribution in [3.05, 3.63) is 65.1 Å². The number of aryl methyl sites for hydroxylation is 2. The highest BCUT2D eigenvalue weighted by atomic mass is 16.2. The maximum Gasteiger partial charge on any atom is 0.257 e. The van der Waals surface area contributed by atoms with Gasteiger partial charge in [0.2, 0.25) is 0 Å². The van der Waals surface area contributed by atoms with Crippen LogP contribution in [0.3, 0.4) is 0 Å². The van der Waals surface area contributed by atoms with Crippen LogP contribution in [0.4, 0.5) is 0 Å². The molecule has 5 heteroatoms. The Labute approximate surface area is 147 Å². The summed E-state index contributed by atoms with van der Waals surface area (Å²) in [6.07, 6.45) is 6.71. The predicted molar refractivity (Wildman–Crippen MR) is 96.5 cm³/mol. The van der Waals surface area contributed by atoms with Gasteiger partial charge in [0, 0.05) is 18.8 Å². The highest BCUT2D eigenvalue weighted by molar-refractivity contribution is 5.95. The molecule has 0 saturated carbocycles. The Bertz CT molecular complexity index is 913. The molecular weight excluding hydrogens is 312 g/mol. The van der Waals surface area contributed by atoms with Crippen molar-refractivity contribution in [2.75, 3.05) is 6.54 Å². The Balaban J connectivity index is 1.70. The number of hydrogen-bond acceptors (Lipinski definition) is 3. The van der Waals surface area contributed by atoms with Gasteiger partial charge in [-0.05, 0) is 38.7 Å². The second kappa shape index (κ2) is 6.31. The summed E-state index contributed by atoms with van der Waals surface area (Å²) < 4.78 is 1.67. The third kappa shape index (κ3) is 2.90.